The van der Waals surface area contributed by atoms with Crippen molar-refractivity contribution in [1.82, 2.24) is 0 Å². The van der Waals surface area contributed by atoms with Crippen LogP contribution in [-0.4, -0.2) is 6.21 Å². The fourth-order valence-corrected chi connectivity index (χ4v) is 6.19. The highest BCUT2D eigenvalue weighted by Gasteiger charge is 2.37. The van der Waals surface area contributed by atoms with Crippen LogP contribution < -0.4 is 10.1 Å². The van der Waals surface area contributed by atoms with Gasteiger partial charge in [-0.3, -0.25) is 4.99 Å². The number of ether oxygens (including phenoxy) is 1. The van der Waals surface area contributed by atoms with Crippen molar-refractivity contribution in [3.8, 4) is 5.75 Å². The van der Waals surface area contributed by atoms with Crippen molar-refractivity contribution in [3.05, 3.63) is 134 Å². The Hall–Kier alpha value is -3.15. The second-order valence-corrected chi connectivity index (χ2v) is 11.8. The number of anilines is 1. The van der Waals surface area contributed by atoms with Crippen LogP contribution in [0.25, 0.3) is 0 Å². The minimum absolute atomic E-state index is 0.296. The molecule has 0 radical (unpaired) electrons. The Kier molecular flexibility index (Phi) is 7.22. The van der Waals surface area contributed by atoms with E-state index in [4.69, 9.17) is 9.73 Å². The monoisotopic (exact) mass is 626 g/mol. The molecule has 0 spiro atoms. The Balaban J connectivity index is 1.12. The molecule has 5 heteroatoms. The van der Waals surface area contributed by atoms with Gasteiger partial charge < -0.3 is 10.1 Å². The van der Waals surface area contributed by atoms with Crippen LogP contribution in [0.2, 0.25) is 0 Å². The highest BCUT2D eigenvalue weighted by Crippen LogP contribution is 2.50. The second-order valence-electron chi connectivity index (χ2n) is 10.0. The molecule has 38 heavy (non-hydrogen) atoms. The van der Waals surface area contributed by atoms with Gasteiger partial charge in [-0.25, -0.2) is 0 Å². The smallest absolute Gasteiger partial charge is 0.134 e. The molecule has 0 fully saturated rings. The van der Waals surface area contributed by atoms with Crippen molar-refractivity contribution < 1.29 is 4.74 Å². The van der Waals surface area contributed by atoms with Crippen LogP contribution in [0.5, 0.6) is 5.75 Å². The summed E-state index contributed by atoms with van der Waals surface area (Å²) in [7, 11) is 0. The van der Waals surface area contributed by atoms with Gasteiger partial charge in [-0.2, -0.15) is 0 Å². The first-order valence-corrected chi connectivity index (χ1v) is 14.5. The van der Waals surface area contributed by atoms with E-state index in [2.05, 4.69) is 111 Å². The number of nitrogens with one attached hydrogen (secondary N) is 1. The third-order valence-corrected chi connectivity index (χ3v) is 8.55. The molecule has 6 rings (SSSR count). The molecule has 0 saturated carbocycles. The lowest BCUT2D eigenvalue weighted by Crippen LogP contribution is -2.29. The first-order chi connectivity index (χ1) is 18.5. The van der Waals surface area contributed by atoms with Crippen molar-refractivity contribution in [1.29, 1.82) is 0 Å². The van der Waals surface area contributed by atoms with Crippen molar-refractivity contribution in [3.63, 3.8) is 0 Å². The Morgan fingerprint density at radius 3 is 2.55 bits per heavy atom. The lowest BCUT2D eigenvalue weighted by Gasteiger charge is -2.37. The fraction of sp³-hybridized carbons (Fsp3) is 0.182. The molecule has 1 N–H and O–H groups in total. The van der Waals surface area contributed by atoms with E-state index in [0.29, 0.717) is 24.5 Å². The molecule has 3 atom stereocenters. The maximum absolute atomic E-state index is 5.99. The zero-order valence-electron chi connectivity index (χ0n) is 21.1. The molecule has 0 bridgehead atoms. The minimum atomic E-state index is 0.296. The molecule has 0 unspecified atom stereocenters. The summed E-state index contributed by atoms with van der Waals surface area (Å²) in [6.07, 6.45) is 7.74. The average Bonchev–Trinajstić information content (AvgIpc) is 3.43. The van der Waals surface area contributed by atoms with E-state index in [0.717, 1.165) is 37.9 Å². The summed E-state index contributed by atoms with van der Waals surface area (Å²) < 4.78 is 7.96. The summed E-state index contributed by atoms with van der Waals surface area (Å²) in [6.45, 7) is 2.69. The number of benzene rings is 4. The first kappa shape index (κ1) is 25.1. The molecule has 2 aliphatic rings. The lowest BCUT2D eigenvalue weighted by atomic mass is 9.76. The van der Waals surface area contributed by atoms with Crippen molar-refractivity contribution in [2.75, 3.05) is 5.32 Å². The minimum Gasteiger partial charge on any atom is -0.488 e. The SMILES string of the molecule is Cc1ccc2c(c1)[C@@H]1C=CC[C@@H]1[C@H](c1ccc(N=Cc3ccc(OCc4ccc(Br)cc4)c(Br)c3)cc1)N2. The van der Waals surface area contributed by atoms with Gasteiger partial charge in [0.05, 0.1) is 16.2 Å². The van der Waals surface area contributed by atoms with Gasteiger partial charge in [0.25, 0.3) is 0 Å². The number of allylic oxidation sites excluding steroid dienone is 2. The molecule has 4 aromatic rings. The molecule has 3 nitrogen and oxygen atoms in total. The Labute approximate surface area is 240 Å². The van der Waals surface area contributed by atoms with Gasteiger partial charge in [-0.1, -0.05) is 70.0 Å². The number of aryl methyl sites for hydroxylation is 1. The largest absolute Gasteiger partial charge is 0.488 e. The van der Waals surface area contributed by atoms with E-state index >= 15 is 0 Å². The van der Waals surface area contributed by atoms with E-state index in [-0.39, 0.29) is 0 Å². The second kappa shape index (κ2) is 10.9. The quantitative estimate of drug-likeness (QED) is 0.170. The van der Waals surface area contributed by atoms with Gasteiger partial charge in [-0.05, 0) is 106 Å². The summed E-state index contributed by atoms with van der Waals surface area (Å²) >= 11 is 7.11. The zero-order chi connectivity index (χ0) is 26.1. The zero-order valence-corrected chi connectivity index (χ0v) is 24.2. The van der Waals surface area contributed by atoms with Crippen LogP contribution in [0, 0.1) is 12.8 Å². The molecule has 0 amide bonds. The van der Waals surface area contributed by atoms with Crippen LogP contribution in [-0.2, 0) is 6.61 Å². The van der Waals surface area contributed by atoms with Crippen LogP contribution in [0.3, 0.4) is 0 Å². The molecular weight excluding hydrogens is 600 g/mol. The highest BCUT2D eigenvalue weighted by atomic mass is 79.9. The molecule has 1 aliphatic carbocycles. The summed E-state index contributed by atoms with van der Waals surface area (Å²) in [4.78, 5) is 4.72. The molecule has 190 valence electrons. The molecule has 0 aromatic heterocycles. The van der Waals surface area contributed by atoms with Crippen LogP contribution in [0.1, 0.15) is 46.2 Å². The van der Waals surface area contributed by atoms with Crippen molar-refractivity contribution >= 4 is 49.4 Å². The molecule has 1 heterocycles. The fourth-order valence-electron chi connectivity index (χ4n) is 5.42. The van der Waals surface area contributed by atoms with Crippen LogP contribution in [0.4, 0.5) is 11.4 Å². The van der Waals surface area contributed by atoms with E-state index in [9.17, 15) is 0 Å². The third kappa shape index (κ3) is 5.36. The number of rotatable bonds is 6. The molecule has 0 saturated heterocycles. The van der Waals surface area contributed by atoms with Crippen LogP contribution >= 0.6 is 31.9 Å². The van der Waals surface area contributed by atoms with E-state index in [1.807, 2.05) is 36.5 Å². The number of fused-ring (bicyclic) bond motifs is 3. The predicted octanol–water partition coefficient (Wildman–Crippen LogP) is 9.68. The number of hydrogen-bond acceptors (Lipinski definition) is 3. The molecule has 4 aromatic carbocycles. The van der Waals surface area contributed by atoms with Gasteiger partial charge in [0.2, 0.25) is 0 Å². The molecular formula is C33H28Br2N2O. The van der Waals surface area contributed by atoms with Gasteiger partial charge in [-0.15, -0.1) is 0 Å². The predicted molar refractivity (Wildman–Crippen MR) is 164 cm³/mol. The van der Waals surface area contributed by atoms with Gasteiger partial charge >= 0.3 is 0 Å². The third-order valence-electron chi connectivity index (χ3n) is 7.40. The number of hydrogen-bond donors (Lipinski definition) is 1. The number of nitrogens with zero attached hydrogens (tertiary/aromatic N) is 1. The maximum atomic E-state index is 5.99. The van der Waals surface area contributed by atoms with Crippen molar-refractivity contribution in [2.45, 2.75) is 31.9 Å². The van der Waals surface area contributed by atoms with Gasteiger partial charge in [0.1, 0.15) is 12.4 Å². The number of halogens is 2. The normalized spacial score (nSPS) is 19.7. The Morgan fingerprint density at radius 1 is 0.947 bits per heavy atom. The summed E-state index contributed by atoms with van der Waals surface area (Å²) in [5.74, 6) is 1.83. The first-order valence-electron chi connectivity index (χ1n) is 12.9. The van der Waals surface area contributed by atoms with Crippen molar-refractivity contribution in [2.24, 2.45) is 10.9 Å². The Bertz CT molecular complexity index is 1510. The molecule has 1 aliphatic heterocycles. The van der Waals surface area contributed by atoms with E-state index in [1.165, 1.54) is 22.4 Å². The summed E-state index contributed by atoms with van der Waals surface area (Å²) in [5, 5.41) is 3.83. The Morgan fingerprint density at radius 2 is 1.76 bits per heavy atom. The number of aliphatic imine (C=N–C) groups is 1. The standard InChI is InChI=1S/C33H28Br2N2O/c1-21-5-15-31-29(17-21)27-3-2-4-28(27)33(37-31)24-9-13-26(14-10-24)36-19-23-8-16-32(30(35)18-23)38-20-22-6-11-25(34)12-7-22/h2-3,5-19,27-28,33,37H,4,20H2,1H3/t27-,28+,33+/m1/s1. The average molecular weight is 628 g/mol. The van der Waals surface area contributed by atoms with Crippen LogP contribution in [0.15, 0.2) is 111 Å². The van der Waals surface area contributed by atoms with E-state index < -0.39 is 0 Å². The lowest BCUT2D eigenvalue weighted by molar-refractivity contribution is 0.304. The highest BCUT2D eigenvalue weighted by molar-refractivity contribution is 9.10. The van der Waals surface area contributed by atoms with Gasteiger partial charge in [0, 0.05) is 22.3 Å². The van der Waals surface area contributed by atoms with Gasteiger partial charge in [0.15, 0.2) is 0 Å². The van der Waals surface area contributed by atoms with E-state index in [1.54, 1.807) is 0 Å². The summed E-state index contributed by atoms with van der Waals surface area (Å²) in [6, 6.07) is 29.9. The maximum Gasteiger partial charge on any atom is 0.134 e. The summed E-state index contributed by atoms with van der Waals surface area (Å²) in [5.41, 5.74) is 8.38. The topological polar surface area (TPSA) is 33.6 Å².